The van der Waals surface area contributed by atoms with Crippen molar-refractivity contribution in [3.8, 4) is 0 Å². The van der Waals surface area contributed by atoms with E-state index in [1.54, 1.807) is 0 Å². The van der Waals surface area contributed by atoms with E-state index in [0.29, 0.717) is 6.42 Å². The second-order valence-corrected chi connectivity index (χ2v) is 4.04. The van der Waals surface area contributed by atoms with Gasteiger partial charge in [0.1, 0.15) is 0 Å². The normalized spacial score (nSPS) is 12.7. The number of carboxylic acid groups (broad SMARTS) is 1. The van der Waals surface area contributed by atoms with Gasteiger partial charge in [-0.3, -0.25) is 0 Å². The zero-order valence-electron chi connectivity index (χ0n) is 9.72. The quantitative estimate of drug-likeness (QED) is 0.804. The summed E-state index contributed by atoms with van der Waals surface area (Å²) in [4.78, 5) is 10.9. The SMILES string of the molecule is CC(C)O[C@@H](CCc1ccccc1)C(=O)O. The highest BCUT2D eigenvalue weighted by molar-refractivity contribution is 5.72. The first-order chi connectivity index (χ1) is 7.59. The average molecular weight is 222 g/mol. The van der Waals surface area contributed by atoms with Crippen LogP contribution in [0.1, 0.15) is 25.8 Å². The molecule has 1 aromatic carbocycles. The van der Waals surface area contributed by atoms with Gasteiger partial charge in [-0.25, -0.2) is 4.79 Å². The van der Waals surface area contributed by atoms with E-state index in [1.165, 1.54) is 0 Å². The number of carboxylic acids is 1. The number of aryl methyl sites for hydroxylation is 1. The largest absolute Gasteiger partial charge is 0.479 e. The zero-order chi connectivity index (χ0) is 12.0. The van der Waals surface area contributed by atoms with Crippen molar-refractivity contribution in [1.82, 2.24) is 0 Å². The Bertz CT molecular complexity index is 319. The summed E-state index contributed by atoms with van der Waals surface area (Å²) < 4.78 is 5.33. The Hall–Kier alpha value is -1.35. The summed E-state index contributed by atoms with van der Waals surface area (Å²) in [5.74, 6) is -0.885. The Morgan fingerprint density at radius 3 is 2.44 bits per heavy atom. The monoisotopic (exact) mass is 222 g/mol. The standard InChI is InChI=1S/C13H18O3/c1-10(2)16-12(13(14)15)9-8-11-6-4-3-5-7-11/h3-7,10,12H,8-9H2,1-2H3,(H,14,15)/t12-/m0/s1. The van der Waals surface area contributed by atoms with Gasteiger partial charge >= 0.3 is 5.97 Å². The fraction of sp³-hybridized carbons (Fsp3) is 0.462. The summed E-state index contributed by atoms with van der Waals surface area (Å²) in [6.07, 6.45) is 0.472. The molecule has 16 heavy (non-hydrogen) atoms. The lowest BCUT2D eigenvalue weighted by molar-refractivity contribution is -0.153. The van der Waals surface area contributed by atoms with E-state index in [2.05, 4.69) is 0 Å². The van der Waals surface area contributed by atoms with Crippen LogP contribution in [0.25, 0.3) is 0 Å². The zero-order valence-corrected chi connectivity index (χ0v) is 9.72. The number of hydrogen-bond acceptors (Lipinski definition) is 2. The van der Waals surface area contributed by atoms with Crippen LogP contribution in [0, 0.1) is 0 Å². The van der Waals surface area contributed by atoms with Gasteiger partial charge in [0.05, 0.1) is 6.10 Å². The Morgan fingerprint density at radius 2 is 1.94 bits per heavy atom. The summed E-state index contributed by atoms with van der Waals surface area (Å²) in [6, 6.07) is 9.84. The molecule has 1 atom stereocenters. The van der Waals surface area contributed by atoms with Crippen molar-refractivity contribution in [2.75, 3.05) is 0 Å². The van der Waals surface area contributed by atoms with Crippen molar-refractivity contribution in [2.24, 2.45) is 0 Å². The third kappa shape index (κ3) is 4.45. The maximum Gasteiger partial charge on any atom is 0.332 e. The van der Waals surface area contributed by atoms with Crippen molar-refractivity contribution in [1.29, 1.82) is 0 Å². The fourth-order valence-electron chi connectivity index (χ4n) is 1.52. The van der Waals surface area contributed by atoms with Crippen LogP contribution in [0.5, 0.6) is 0 Å². The Balaban J connectivity index is 2.47. The highest BCUT2D eigenvalue weighted by Gasteiger charge is 2.18. The summed E-state index contributed by atoms with van der Waals surface area (Å²) in [6.45, 7) is 3.69. The van der Waals surface area contributed by atoms with E-state index in [0.717, 1.165) is 12.0 Å². The molecule has 1 N–H and O–H groups in total. The van der Waals surface area contributed by atoms with Crippen molar-refractivity contribution >= 4 is 5.97 Å². The van der Waals surface area contributed by atoms with Gasteiger partial charge in [-0.15, -0.1) is 0 Å². The lowest BCUT2D eigenvalue weighted by Gasteiger charge is -2.16. The second kappa shape index (κ2) is 6.28. The first-order valence-electron chi connectivity index (χ1n) is 5.51. The molecule has 3 heteroatoms. The van der Waals surface area contributed by atoms with Crippen LogP contribution in [0.3, 0.4) is 0 Å². The first kappa shape index (κ1) is 12.7. The molecule has 88 valence electrons. The lowest BCUT2D eigenvalue weighted by atomic mass is 10.1. The van der Waals surface area contributed by atoms with Crippen LogP contribution >= 0.6 is 0 Å². The number of benzene rings is 1. The fourth-order valence-corrected chi connectivity index (χ4v) is 1.52. The highest BCUT2D eigenvalue weighted by Crippen LogP contribution is 2.09. The van der Waals surface area contributed by atoms with Gasteiger partial charge in [-0.05, 0) is 32.3 Å². The minimum atomic E-state index is -0.885. The molecule has 0 bridgehead atoms. The van der Waals surface area contributed by atoms with Gasteiger partial charge in [0.15, 0.2) is 6.10 Å². The third-order valence-corrected chi connectivity index (χ3v) is 2.25. The van der Waals surface area contributed by atoms with Gasteiger partial charge in [-0.1, -0.05) is 30.3 Å². The smallest absolute Gasteiger partial charge is 0.332 e. The van der Waals surface area contributed by atoms with Gasteiger partial charge in [0.25, 0.3) is 0 Å². The molecule has 0 fully saturated rings. The van der Waals surface area contributed by atoms with Crippen molar-refractivity contribution in [3.05, 3.63) is 35.9 Å². The molecule has 0 aromatic heterocycles. The van der Waals surface area contributed by atoms with E-state index in [-0.39, 0.29) is 6.10 Å². The molecule has 0 unspecified atom stereocenters. The van der Waals surface area contributed by atoms with Crippen LogP contribution in [-0.2, 0) is 16.0 Å². The molecular weight excluding hydrogens is 204 g/mol. The molecule has 0 heterocycles. The molecule has 1 rings (SSSR count). The number of hydrogen-bond donors (Lipinski definition) is 1. The number of ether oxygens (including phenoxy) is 1. The summed E-state index contributed by atoms with van der Waals surface area (Å²) in [5.41, 5.74) is 1.14. The molecule has 0 amide bonds. The molecule has 1 aromatic rings. The summed E-state index contributed by atoms with van der Waals surface area (Å²) in [7, 11) is 0. The van der Waals surface area contributed by atoms with Crippen LogP contribution in [-0.4, -0.2) is 23.3 Å². The first-order valence-corrected chi connectivity index (χ1v) is 5.51. The Kier molecular flexibility index (Phi) is 4.99. The topological polar surface area (TPSA) is 46.5 Å². The minimum absolute atomic E-state index is 0.0585. The molecule has 3 nitrogen and oxygen atoms in total. The van der Waals surface area contributed by atoms with E-state index in [1.807, 2.05) is 44.2 Å². The predicted octanol–water partition coefficient (Wildman–Crippen LogP) is 2.50. The molecule has 0 radical (unpaired) electrons. The summed E-state index contributed by atoms with van der Waals surface area (Å²) in [5, 5.41) is 8.98. The van der Waals surface area contributed by atoms with Crippen LogP contribution < -0.4 is 0 Å². The van der Waals surface area contributed by atoms with E-state index >= 15 is 0 Å². The van der Waals surface area contributed by atoms with E-state index in [4.69, 9.17) is 9.84 Å². The Morgan fingerprint density at radius 1 is 1.31 bits per heavy atom. The van der Waals surface area contributed by atoms with E-state index in [9.17, 15) is 4.79 Å². The molecule has 0 aliphatic heterocycles. The minimum Gasteiger partial charge on any atom is -0.479 e. The Labute approximate surface area is 96.1 Å². The molecule has 0 saturated heterocycles. The van der Waals surface area contributed by atoms with Crippen LogP contribution in [0.15, 0.2) is 30.3 Å². The van der Waals surface area contributed by atoms with Crippen molar-refractivity contribution < 1.29 is 14.6 Å². The van der Waals surface area contributed by atoms with Gasteiger partial charge in [0.2, 0.25) is 0 Å². The van der Waals surface area contributed by atoms with Gasteiger partial charge < -0.3 is 9.84 Å². The molecule has 0 saturated carbocycles. The van der Waals surface area contributed by atoms with Gasteiger partial charge in [-0.2, -0.15) is 0 Å². The third-order valence-electron chi connectivity index (χ3n) is 2.25. The van der Waals surface area contributed by atoms with E-state index < -0.39 is 12.1 Å². The highest BCUT2D eigenvalue weighted by atomic mass is 16.5. The maximum atomic E-state index is 10.9. The average Bonchev–Trinajstić information content (AvgIpc) is 2.25. The van der Waals surface area contributed by atoms with Crippen LogP contribution in [0.4, 0.5) is 0 Å². The maximum absolute atomic E-state index is 10.9. The number of carbonyl (C=O) groups is 1. The number of aliphatic carboxylic acids is 1. The molecular formula is C13H18O3. The van der Waals surface area contributed by atoms with Crippen molar-refractivity contribution in [3.63, 3.8) is 0 Å². The number of rotatable bonds is 6. The predicted molar refractivity (Wildman–Crippen MR) is 62.4 cm³/mol. The second-order valence-electron chi connectivity index (χ2n) is 4.04. The molecule has 0 aliphatic carbocycles. The van der Waals surface area contributed by atoms with Gasteiger partial charge in [0, 0.05) is 0 Å². The van der Waals surface area contributed by atoms with Crippen molar-refractivity contribution in [2.45, 2.75) is 38.9 Å². The molecule has 0 aliphatic rings. The lowest BCUT2D eigenvalue weighted by Crippen LogP contribution is -2.27. The summed E-state index contributed by atoms with van der Waals surface area (Å²) >= 11 is 0. The van der Waals surface area contributed by atoms with Crippen LogP contribution in [0.2, 0.25) is 0 Å². The molecule has 0 spiro atoms.